The third kappa shape index (κ3) is 3.10. The second-order valence-corrected chi connectivity index (χ2v) is 6.33. The number of aromatic nitrogens is 4. The van der Waals surface area contributed by atoms with Crippen LogP contribution in [0.1, 0.15) is 11.4 Å². The summed E-state index contributed by atoms with van der Waals surface area (Å²) in [5.74, 6) is -0.409. The molecule has 0 aliphatic heterocycles. The first kappa shape index (κ1) is 16.7. The van der Waals surface area contributed by atoms with Crippen LogP contribution in [0.2, 0.25) is 0 Å². The van der Waals surface area contributed by atoms with Crippen molar-refractivity contribution in [1.82, 2.24) is 19.4 Å². The van der Waals surface area contributed by atoms with Crippen molar-refractivity contribution in [2.24, 2.45) is 5.73 Å². The molecule has 7 heteroatoms. The van der Waals surface area contributed by atoms with Gasteiger partial charge in [0.1, 0.15) is 5.65 Å². The molecule has 0 aliphatic rings. The predicted molar refractivity (Wildman–Crippen MR) is 104 cm³/mol. The third-order valence-corrected chi connectivity index (χ3v) is 4.34. The van der Waals surface area contributed by atoms with Crippen LogP contribution in [0.15, 0.2) is 55.0 Å². The van der Waals surface area contributed by atoms with Gasteiger partial charge in [0.15, 0.2) is 0 Å². The normalized spacial score (nSPS) is 11.0. The minimum Gasteiger partial charge on any atom is -0.398 e. The molecule has 4 aromatic rings. The number of aryl methyl sites for hydroxylation is 1. The van der Waals surface area contributed by atoms with Gasteiger partial charge in [0.25, 0.3) is 0 Å². The molecule has 0 aliphatic carbocycles. The maximum absolute atomic E-state index is 11.3. The number of nitrogens with two attached hydrogens (primary N) is 2. The second-order valence-electron chi connectivity index (χ2n) is 6.33. The zero-order valence-corrected chi connectivity index (χ0v) is 14.8. The van der Waals surface area contributed by atoms with Gasteiger partial charge < -0.3 is 15.9 Å². The second kappa shape index (κ2) is 6.53. The first-order valence-corrected chi connectivity index (χ1v) is 8.46. The Bertz CT molecular complexity index is 1160. The molecule has 134 valence electrons. The molecule has 0 fully saturated rings. The highest BCUT2D eigenvalue weighted by atomic mass is 16.1. The molecule has 0 unspecified atom stereocenters. The Morgan fingerprint density at radius 1 is 1.15 bits per heavy atom. The Morgan fingerprint density at radius 3 is 2.78 bits per heavy atom. The number of nitrogen functional groups attached to an aromatic ring is 1. The topological polar surface area (TPSA) is 112 Å². The molecule has 0 saturated heterocycles. The van der Waals surface area contributed by atoms with Gasteiger partial charge in [0, 0.05) is 41.1 Å². The van der Waals surface area contributed by atoms with Crippen molar-refractivity contribution in [2.75, 3.05) is 5.73 Å². The van der Waals surface area contributed by atoms with Gasteiger partial charge in [0.2, 0.25) is 5.91 Å². The standard InChI is InChI=1S/C20H18N6O/c1-12-3-2-4-16(25-12)20-19(15(21)7-8-23-20)13-5-6-18-24-10-14(9-17(22)27)26(18)11-13/h2-8,10-11H,9H2,1H3,(H2,21,23)(H2,22,27). The molecule has 0 spiro atoms. The highest BCUT2D eigenvalue weighted by Gasteiger charge is 2.15. The fraction of sp³-hybridized carbons (Fsp3) is 0.100. The van der Waals surface area contributed by atoms with Crippen LogP contribution in [-0.4, -0.2) is 25.3 Å². The van der Waals surface area contributed by atoms with E-state index < -0.39 is 5.91 Å². The third-order valence-electron chi connectivity index (χ3n) is 4.34. The molecule has 4 heterocycles. The number of rotatable bonds is 4. The van der Waals surface area contributed by atoms with E-state index in [1.165, 1.54) is 0 Å². The van der Waals surface area contributed by atoms with E-state index in [2.05, 4.69) is 15.0 Å². The van der Waals surface area contributed by atoms with Gasteiger partial charge in [-0.05, 0) is 37.3 Å². The average Bonchev–Trinajstić information content (AvgIpc) is 3.03. The molecule has 4 rings (SSSR count). The number of carbonyl (C=O) groups excluding carboxylic acids is 1. The van der Waals surface area contributed by atoms with Gasteiger partial charge in [0.05, 0.1) is 23.5 Å². The molecule has 0 bridgehead atoms. The molecule has 27 heavy (non-hydrogen) atoms. The number of hydrogen-bond donors (Lipinski definition) is 2. The molecule has 0 saturated carbocycles. The maximum Gasteiger partial charge on any atom is 0.223 e. The van der Waals surface area contributed by atoms with Crippen molar-refractivity contribution in [1.29, 1.82) is 0 Å². The van der Waals surface area contributed by atoms with Crippen molar-refractivity contribution in [3.05, 3.63) is 66.4 Å². The lowest BCUT2D eigenvalue weighted by molar-refractivity contribution is -0.117. The highest BCUT2D eigenvalue weighted by Crippen LogP contribution is 2.34. The number of fused-ring (bicyclic) bond motifs is 1. The Labute approximate surface area is 155 Å². The number of nitrogens with zero attached hydrogens (tertiary/aromatic N) is 4. The van der Waals surface area contributed by atoms with E-state index >= 15 is 0 Å². The number of pyridine rings is 3. The average molecular weight is 358 g/mol. The van der Waals surface area contributed by atoms with Crippen molar-refractivity contribution in [3.8, 4) is 22.5 Å². The summed E-state index contributed by atoms with van der Waals surface area (Å²) in [6, 6.07) is 11.4. The quantitative estimate of drug-likeness (QED) is 0.581. The van der Waals surface area contributed by atoms with E-state index in [1.807, 2.05) is 47.9 Å². The smallest absolute Gasteiger partial charge is 0.223 e. The lowest BCUT2D eigenvalue weighted by Crippen LogP contribution is -2.14. The minimum absolute atomic E-state index is 0.111. The molecular formula is C20H18N6O. The summed E-state index contributed by atoms with van der Waals surface area (Å²) in [6.07, 6.45) is 5.33. The number of amides is 1. The van der Waals surface area contributed by atoms with Crippen molar-refractivity contribution >= 4 is 17.2 Å². The van der Waals surface area contributed by atoms with Crippen LogP contribution in [0.25, 0.3) is 28.2 Å². The molecule has 0 atom stereocenters. The summed E-state index contributed by atoms with van der Waals surface area (Å²) < 4.78 is 1.85. The van der Waals surface area contributed by atoms with Gasteiger partial charge >= 0.3 is 0 Å². The van der Waals surface area contributed by atoms with Crippen molar-refractivity contribution in [3.63, 3.8) is 0 Å². The first-order chi connectivity index (χ1) is 13.0. The Balaban J connectivity index is 1.92. The van der Waals surface area contributed by atoms with E-state index in [0.29, 0.717) is 11.4 Å². The lowest BCUT2D eigenvalue weighted by Gasteiger charge is -2.12. The van der Waals surface area contributed by atoms with Gasteiger partial charge in [-0.2, -0.15) is 0 Å². The van der Waals surface area contributed by atoms with E-state index in [-0.39, 0.29) is 6.42 Å². The van der Waals surface area contributed by atoms with Gasteiger partial charge in [-0.15, -0.1) is 0 Å². The van der Waals surface area contributed by atoms with Crippen LogP contribution in [-0.2, 0) is 11.2 Å². The van der Waals surface area contributed by atoms with E-state index in [0.717, 1.165) is 33.9 Å². The van der Waals surface area contributed by atoms with Crippen LogP contribution < -0.4 is 11.5 Å². The SMILES string of the molecule is Cc1cccc(-c2nccc(N)c2-c2ccc3ncc(CC(N)=O)n3c2)n1. The van der Waals surface area contributed by atoms with Crippen LogP contribution >= 0.6 is 0 Å². The zero-order chi connectivity index (χ0) is 19.0. The van der Waals surface area contributed by atoms with Crippen molar-refractivity contribution < 1.29 is 4.79 Å². The summed E-state index contributed by atoms with van der Waals surface area (Å²) in [5.41, 5.74) is 17.7. The summed E-state index contributed by atoms with van der Waals surface area (Å²) in [5, 5.41) is 0. The fourth-order valence-corrected chi connectivity index (χ4v) is 3.14. The molecule has 4 N–H and O–H groups in total. The van der Waals surface area contributed by atoms with Gasteiger partial charge in [-0.1, -0.05) is 6.07 Å². The van der Waals surface area contributed by atoms with E-state index in [1.54, 1.807) is 18.5 Å². The number of carbonyl (C=O) groups is 1. The summed E-state index contributed by atoms with van der Waals surface area (Å²) in [7, 11) is 0. The summed E-state index contributed by atoms with van der Waals surface area (Å²) in [6.45, 7) is 1.93. The molecular weight excluding hydrogens is 340 g/mol. The van der Waals surface area contributed by atoms with Crippen LogP contribution in [0, 0.1) is 6.92 Å². The lowest BCUT2D eigenvalue weighted by atomic mass is 10.0. The molecule has 0 radical (unpaired) electrons. The van der Waals surface area contributed by atoms with Crippen LogP contribution in [0.4, 0.5) is 5.69 Å². The van der Waals surface area contributed by atoms with Crippen LogP contribution in [0.3, 0.4) is 0 Å². The zero-order valence-electron chi connectivity index (χ0n) is 14.8. The molecule has 4 aromatic heterocycles. The molecule has 0 aromatic carbocycles. The Hall–Kier alpha value is -3.74. The predicted octanol–water partition coefficient (Wildman–Crippen LogP) is 2.38. The van der Waals surface area contributed by atoms with Crippen molar-refractivity contribution in [2.45, 2.75) is 13.3 Å². The fourth-order valence-electron chi connectivity index (χ4n) is 3.14. The molecule has 1 amide bonds. The molecule has 7 nitrogen and oxygen atoms in total. The summed E-state index contributed by atoms with van der Waals surface area (Å²) in [4.78, 5) is 24.8. The first-order valence-electron chi connectivity index (χ1n) is 8.46. The van der Waals surface area contributed by atoms with Gasteiger partial charge in [-0.25, -0.2) is 4.98 Å². The summed E-state index contributed by atoms with van der Waals surface area (Å²) >= 11 is 0. The number of primary amides is 1. The Morgan fingerprint density at radius 2 is 2.00 bits per heavy atom. The van der Waals surface area contributed by atoms with Gasteiger partial charge in [-0.3, -0.25) is 14.8 Å². The largest absolute Gasteiger partial charge is 0.398 e. The number of hydrogen-bond acceptors (Lipinski definition) is 5. The number of imidazole rings is 1. The highest BCUT2D eigenvalue weighted by molar-refractivity contribution is 5.88. The number of anilines is 1. The maximum atomic E-state index is 11.3. The monoisotopic (exact) mass is 358 g/mol. The van der Waals surface area contributed by atoms with E-state index in [4.69, 9.17) is 11.5 Å². The minimum atomic E-state index is -0.409. The van der Waals surface area contributed by atoms with Crippen LogP contribution in [0.5, 0.6) is 0 Å². The Kier molecular flexibility index (Phi) is 4.04. The van der Waals surface area contributed by atoms with E-state index in [9.17, 15) is 4.79 Å².